The molecular weight excluding hydrogens is 232 g/mol. The van der Waals surface area contributed by atoms with Gasteiger partial charge in [-0.3, -0.25) is 4.68 Å². The summed E-state index contributed by atoms with van der Waals surface area (Å²) in [7, 11) is 1.87. The monoisotopic (exact) mass is 246 g/mol. The Bertz CT molecular complexity index is 559. The molecule has 17 heavy (non-hydrogen) atoms. The molecule has 88 valence electrons. The second-order valence-corrected chi connectivity index (χ2v) is 4.30. The Hall–Kier alpha value is -1.88. The molecule has 4 nitrogen and oxygen atoms in total. The lowest BCUT2D eigenvalue weighted by Gasteiger charge is -2.12. The molecule has 0 unspecified atom stereocenters. The summed E-state index contributed by atoms with van der Waals surface area (Å²) in [6, 6.07) is 7.75. The van der Waals surface area contributed by atoms with E-state index in [1.807, 2.05) is 44.4 Å². The van der Waals surface area contributed by atoms with Gasteiger partial charge in [0.15, 0.2) is 5.82 Å². The Balaban J connectivity index is 2.40. The van der Waals surface area contributed by atoms with E-state index in [0.717, 1.165) is 22.6 Å². The van der Waals surface area contributed by atoms with Gasteiger partial charge in [0.1, 0.15) is 4.99 Å². The third-order valence-electron chi connectivity index (χ3n) is 2.50. The molecule has 2 aromatic rings. The van der Waals surface area contributed by atoms with E-state index in [9.17, 15) is 0 Å². The molecule has 0 radical (unpaired) electrons. The summed E-state index contributed by atoms with van der Waals surface area (Å²) in [5, 5.41) is 7.51. The van der Waals surface area contributed by atoms with Crippen molar-refractivity contribution in [1.82, 2.24) is 9.78 Å². The van der Waals surface area contributed by atoms with Gasteiger partial charge in [-0.05, 0) is 18.6 Å². The average molecular weight is 246 g/mol. The molecule has 0 atom stereocenters. The second-order valence-electron chi connectivity index (χ2n) is 3.86. The molecule has 0 saturated carbocycles. The van der Waals surface area contributed by atoms with Crippen molar-refractivity contribution >= 4 is 28.7 Å². The highest BCUT2D eigenvalue weighted by molar-refractivity contribution is 7.80. The topological polar surface area (TPSA) is 55.9 Å². The quantitative estimate of drug-likeness (QED) is 0.814. The fraction of sp³-hybridized carbons (Fsp3) is 0.167. The fourth-order valence-corrected chi connectivity index (χ4v) is 1.82. The van der Waals surface area contributed by atoms with Gasteiger partial charge in [0.25, 0.3) is 0 Å². The minimum absolute atomic E-state index is 0.382. The van der Waals surface area contributed by atoms with Gasteiger partial charge in [0.2, 0.25) is 0 Å². The highest BCUT2D eigenvalue weighted by atomic mass is 32.1. The van der Waals surface area contributed by atoms with Gasteiger partial charge < -0.3 is 11.1 Å². The third kappa shape index (κ3) is 2.45. The van der Waals surface area contributed by atoms with Crippen LogP contribution in [0.5, 0.6) is 0 Å². The summed E-state index contributed by atoms with van der Waals surface area (Å²) in [5.74, 6) is 0.777. The Morgan fingerprint density at radius 3 is 2.76 bits per heavy atom. The standard InChI is InChI=1S/C12H14N4S/c1-8-4-3-5-9(12(13)17)11(8)14-10-6-7-16(2)15-10/h3-7H,1-2H3,(H2,13,17)(H,14,15). The number of nitrogens with two attached hydrogens (primary N) is 1. The van der Waals surface area contributed by atoms with Gasteiger partial charge in [-0.25, -0.2) is 0 Å². The van der Waals surface area contributed by atoms with Crippen molar-refractivity contribution in [1.29, 1.82) is 0 Å². The lowest BCUT2D eigenvalue weighted by Crippen LogP contribution is -2.12. The molecule has 0 bridgehead atoms. The molecule has 5 heteroatoms. The molecule has 0 aliphatic heterocycles. The molecular formula is C12H14N4S. The molecule has 0 amide bonds. The molecule has 0 spiro atoms. The molecule has 0 aliphatic rings. The predicted molar refractivity (Wildman–Crippen MR) is 73.6 cm³/mol. The van der Waals surface area contributed by atoms with E-state index < -0.39 is 0 Å². The summed E-state index contributed by atoms with van der Waals surface area (Å²) in [5.41, 5.74) is 8.55. The zero-order valence-electron chi connectivity index (χ0n) is 9.77. The Labute approximate surface area is 105 Å². The smallest absolute Gasteiger partial charge is 0.152 e. The molecule has 1 heterocycles. The molecule has 1 aromatic carbocycles. The van der Waals surface area contributed by atoms with Crippen LogP contribution in [0.15, 0.2) is 30.5 Å². The highest BCUT2D eigenvalue weighted by Gasteiger charge is 2.08. The van der Waals surface area contributed by atoms with Crippen molar-refractivity contribution in [3.05, 3.63) is 41.6 Å². The number of aryl methyl sites for hydroxylation is 2. The van der Waals surface area contributed by atoms with Crippen molar-refractivity contribution in [2.24, 2.45) is 12.8 Å². The minimum Gasteiger partial charge on any atom is -0.389 e. The number of rotatable bonds is 3. The van der Waals surface area contributed by atoms with Crippen LogP contribution in [0.4, 0.5) is 11.5 Å². The Kier molecular flexibility index (Phi) is 3.10. The van der Waals surface area contributed by atoms with Crippen molar-refractivity contribution in [2.45, 2.75) is 6.92 Å². The number of nitrogens with one attached hydrogen (secondary N) is 1. The minimum atomic E-state index is 0.382. The highest BCUT2D eigenvalue weighted by Crippen LogP contribution is 2.23. The van der Waals surface area contributed by atoms with E-state index in [2.05, 4.69) is 10.4 Å². The Morgan fingerprint density at radius 1 is 1.41 bits per heavy atom. The maximum Gasteiger partial charge on any atom is 0.152 e. The van der Waals surface area contributed by atoms with Crippen molar-refractivity contribution in [3.63, 3.8) is 0 Å². The van der Waals surface area contributed by atoms with Crippen molar-refractivity contribution < 1.29 is 0 Å². The summed E-state index contributed by atoms with van der Waals surface area (Å²) in [6.07, 6.45) is 1.88. The maximum absolute atomic E-state index is 5.71. The van der Waals surface area contributed by atoms with Crippen LogP contribution >= 0.6 is 12.2 Å². The predicted octanol–water partition coefficient (Wildman–Crippen LogP) is 2.11. The maximum atomic E-state index is 5.71. The van der Waals surface area contributed by atoms with Crippen molar-refractivity contribution in [3.8, 4) is 0 Å². The van der Waals surface area contributed by atoms with Crippen molar-refractivity contribution in [2.75, 3.05) is 5.32 Å². The van der Waals surface area contributed by atoms with Crippen LogP contribution in [0.25, 0.3) is 0 Å². The number of para-hydroxylation sites is 1. The lowest BCUT2D eigenvalue weighted by molar-refractivity contribution is 0.771. The van der Waals surface area contributed by atoms with Crippen LogP contribution in [-0.4, -0.2) is 14.8 Å². The van der Waals surface area contributed by atoms with Crippen LogP contribution in [0.3, 0.4) is 0 Å². The average Bonchev–Trinajstić information content (AvgIpc) is 2.67. The third-order valence-corrected chi connectivity index (χ3v) is 2.72. The van der Waals surface area contributed by atoms with Crippen LogP contribution in [0.1, 0.15) is 11.1 Å². The van der Waals surface area contributed by atoms with Gasteiger partial charge in [-0.15, -0.1) is 0 Å². The summed E-state index contributed by atoms with van der Waals surface area (Å²) in [4.78, 5) is 0.382. The number of hydrogen-bond acceptors (Lipinski definition) is 3. The van der Waals surface area contributed by atoms with Gasteiger partial charge in [0, 0.05) is 24.9 Å². The van der Waals surface area contributed by atoms with Gasteiger partial charge >= 0.3 is 0 Å². The van der Waals surface area contributed by atoms with Crippen LogP contribution in [0.2, 0.25) is 0 Å². The molecule has 0 fully saturated rings. The zero-order valence-corrected chi connectivity index (χ0v) is 10.6. The number of anilines is 2. The molecule has 0 saturated heterocycles. The van der Waals surface area contributed by atoms with E-state index in [4.69, 9.17) is 18.0 Å². The molecule has 0 aliphatic carbocycles. The van der Waals surface area contributed by atoms with Gasteiger partial charge in [-0.1, -0.05) is 24.4 Å². The fourth-order valence-electron chi connectivity index (χ4n) is 1.65. The van der Waals surface area contributed by atoms with E-state index in [1.54, 1.807) is 4.68 Å². The SMILES string of the molecule is Cc1cccc(C(N)=S)c1Nc1ccn(C)n1. The first-order valence-corrected chi connectivity index (χ1v) is 5.65. The zero-order chi connectivity index (χ0) is 12.4. The molecule has 1 aromatic heterocycles. The lowest BCUT2D eigenvalue weighted by atomic mass is 10.1. The van der Waals surface area contributed by atoms with E-state index >= 15 is 0 Å². The van der Waals surface area contributed by atoms with Gasteiger partial charge in [-0.2, -0.15) is 5.10 Å². The molecule has 3 N–H and O–H groups in total. The first-order valence-electron chi connectivity index (χ1n) is 5.24. The number of thiocarbonyl (C=S) groups is 1. The van der Waals surface area contributed by atoms with Crippen LogP contribution in [0, 0.1) is 6.92 Å². The van der Waals surface area contributed by atoms with Crippen LogP contribution < -0.4 is 11.1 Å². The van der Waals surface area contributed by atoms with Gasteiger partial charge in [0.05, 0.1) is 5.69 Å². The number of aromatic nitrogens is 2. The first kappa shape index (κ1) is 11.6. The van der Waals surface area contributed by atoms with E-state index in [0.29, 0.717) is 4.99 Å². The van der Waals surface area contributed by atoms with E-state index in [1.165, 1.54) is 0 Å². The summed E-state index contributed by atoms with van der Waals surface area (Å²) < 4.78 is 1.74. The Morgan fingerprint density at radius 2 is 2.18 bits per heavy atom. The van der Waals surface area contributed by atoms with Crippen LogP contribution in [-0.2, 0) is 7.05 Å². The number of hydrogen-bond donors (Lipinski definition) is 2. The largest absolute Gasteiger partial charge is 0.389 e. The summed E-state index contributed by atoms with van der Waals surface area (Å²) in [6.45, 7) is 2.01. The normalized spacial score (nSPS) is 10.2. The first-order chi connectivity index (χ1) is 8.08. The summed E-state index contributed by atoms with van der Waals surface area (Å²) >= 11 is 5.04. The van der Waals surface area contributed by atoms with E-state index in [-0.39, 0.29) is 0 Å². The number of benzene rings is 1. The second kappa shape index (κ2) is 4.55. The molecule has 2 rings (SSSR count). The number of nitrogens with zero attached hydrogens (tertiary/aromatic N) is 2.